The molecule has 4 nitrogen and oxygen atoms in total. The third kappa shape index (κ3) is 3.39. The standard InChI is InChI=1S/C13H15BrN2O2S2/c1-6(2)18-12(17)10-7(3)15-13(19)16-11(10)9-4-8(14)5-20-9/h4-6,11H,1-3H3,(H2,15,16,19). The molecule has 20 heavy (non-hydrogen) atoms. The first-order valence-electron chi connectivity index (χ1n) is 6.11. The maximum atomic E-state index is 12.3. The molecule has 0 aliphatic carbocycles. The van der Waals surface area contributed by atoms with E-state index in [1.807, 2.05) is 32.2 Å². The maximum Gasteiger partial charge on any atom is 0.338 e. The number of carbonyl (C=O) groups is 1. The largest absolute Gasteiger partial charge is 0.459 e. The first kappa shape index (κ1) is 15.5. The number of hydrogen-bond donors (Lipinski definition) is 2. The summed E-state index contributed by atoms with van der Waals surface area (Å²) in [6, 6.07) is 1.71. The number of thiocarbonyl (C=S) groups is 1. The second kappa shape index (κ2) is 6.24. The van der Waals surface area contributed by atoms with Crippen LogP contribution in [0.1, 0.15) is 31.7 Å². The van der Waals surface area contributed by atoms with Crippen LogP contribution in [0.4, 0.5) is 0 Å². The number of thiophene rings is 1. The van der Waals surface area contributed by atoms with E-state index in [9.17, 15) is 4.79 Å². The van der Waals surface area contributed by atoms with Gasteiger partial charge in [0.05, 0.1) is 17.7 Å². The topological polar surface area (TPSA) is 50.4 Å². The van der Waals surface area contributed by atoms with Crippen LogP contribution in [0.15, 0.2) is 27.2 Å². The van der Waals surface area contributed by atoms with Gasteiger partial charge in [0.1, 0.15) is 0 Å². The molecule has 1 aromatic rings. The Morgan fingerprint density at radius 3 is 2.80 bits per heavy atom. The minimum Gasteiger partial charge on any atom is -0.459 e. The van der Waals surface area contributed by atoms with Gasteiger partial charge in [-0.05, 0) is 55.0 Å². The van der Waals surface area contributed by atoms with Crippen molar-refractivity contribution >= 4 is 50.6 Å². The number of esters is 1. The van der Waals surface area contributed by atoms with E-state index in [4.69, 9.17) is 17.0 Å². The molecule has 108 valence electrons. The summed E-state index contributed by atoms with van der Waals surface area (Å²) >= 11 is 10.2. The minimum absolute atomic E-state index is 0.160. The Morgan fingerprint density at radius 1 is 1.55 bits per heavy atom. The molecule has 0 radical (unpaired) electrons. The number of nitrogens with one attached hydrogen (secondary N) is 2. The molecule has 0 bridgehead atoms. The van der Waals surface area contributed by atoms with Crippen LogP contribution in [0.3, 0.4) is 0 Å². The number of allylic oxidation sites excluding steroid dienone is 1. The number of halogens is 1. The number of hydrogen-bond acceptors (Lipinski definition) is 4. The molecule has 0 saturated heterocycles. The number of carbonyl (C=O) groups excluding carboxylic acids is 1. The van der Waals surface area contributed by atoms with Gasteiger partial charge >= 0.3 is 5.97 Å². The smallest absolute Gasteiger partial charge is 0.338 e. The lowest BCUT2D eigenvalue weighted by atomic mass is 10.0. The van der Waals surface area contributed by atoms with E-state index in [-0.39, 0.29) is 18.1 Å². The van der Waals surface area contributed by atoms with Crippen LogP contribution < -0.4 is 10.6 Å². The summed E-state index contributed by atoms with van der Waals surface area (Å²) in [6.45, 7) is 5.50. The van der Waals surface area contributed by atoms with E-state index >= 15 is 0 Å². The van der Waals surface area contributed by atoms with E-state index in [2.05, 4.69) is 26.6 Å². The van der Waals surface area contributed by atoms with Gasteiger partial charge in [0.2, 0.25) is 0 Å². The lowest BCUT2D eigenvalue weighted by Gasteiger charge is -2.29. The van der Waals surface area contributed by atoms with Crippen LogP contribution in [0.25, 0.3) is 0 Å². The van der Waals surface area contributed by atoms with Gasteiger partial charge < -0.3 is 15.4 Å². The summed E-state index contributed by atoms with van der Waals surface area (Å²) in [5, 5.41) is 8.60. The average molecular weight is 375 g/mol. The molecule has 1 unspecified atom stereocenters. The van der Waals surface area contributed by atoms with Crippen molar-refractivity contribution in [1.29, 1.82) is 0 Å². The Kier molecular flexibility index (Phi) is 4.82. The Morgan fingerprint density at radius 2 is 2.25 bits per heavy atom. The molecule has 2 heterocycles. The van der Waals surface area contributed by atoms with Crippen molar-refractivity contribution in [3.05, 3.63) is 32.1 Å². The van der Waals surface area contributed by atoms with Crippen molar-refractivity contribution in [2.75, 3.05) is 0 Å². The highest BCUT2D eigenvalue weighted by atomic mass is 79.9. The zero-order chi connectivity index (χ0) is 14.9. The van der Waals surface area contributed by atoms with Crippen LogP contribution in [-0.4, -0.2) is 17.2 Å². The molecule has 7 heteroatoms. The predicted molar refractivity (Wildman–Crippen MR) is 87.6 cm³/mol. The van der Waals surface area contributed by atoms with Crippen molar-refractivity contribution < 1.29 is 9.53 Å². The lowest BCUT2D eigenvalue weighted by Crippen LogP contribution is -2.45. The van der Waals surface area contributed by atoms with Gasteiger partial charge in [-0.25, -0.2) is 4.79 Å². The highest BCUT2D eigenvalue weighted by Crippen LogP contribution is 2.33. The molecule has 1 aliphatic rings. The van der Waals surface area contributed by atoms with Gasteiger partial charge in [-0.3, -0.25) is 0 Å². The maximum absolute atomic E-state index is 12.3. The van der Waals surface area contributed by atoms with E-state index < -0.39 is 0 Å². The summed E-state index contributed by atoms with van der Waals surface area (Å²) in [7, 11) is 0. The number of ether oxygens (including phenoxy) is 1. The quantitative estimate of drug-likeness (QED) is 0.628. The zero-order valence-corrected chi connectivity index (χ0v) is 14.5. The third-order valence-electron chi connectivity index (χ3n) is 2.70. The molecule has 2 rings (SSSR count). The Labute approximate surface area is 135 Å². The molecule has 1 atom stereocenters. The Balaban J connectivity index is 2.39. The molecule has 0 aromatic carbocycles. The molecule has 1 aliphatic heterocycles. The summed E-state index contributed by atoms with van der Waals surface area (Å²) in [6.07, 6.45) is -0.160. The van der Waals surface area contributed by atoms with Crippen LogP contribution in [0, 0.1) is 0 Å². The van der Waals surface area contributed by atoms with Crippen LogP contribution >= 0.6 is 39.5 Å². The minimum atomic E-state index is -0.325. The van der Waals surface area contributed by atoms with Gasteiger partial charge in [0.15, 0.2) is 5.11 Å². The fourth-order valence-corrected chi connectivity index (χ4v) is 3.71. The highest BCUT2D eigenvalue weighted by Gasteiger charge is 2.32. The first-order chi connectivity index (χ1) is 9.38. The third-order valence-corrected chi connectivity index (χ3v) is 4.68. The number of rotatable bonds is 3. The molecule has 0 fully saturated rings. The Hall–Kier alpha value is -0.920. The summed E-state index contributed by atoms with van der Waals surface area (Å²) < 4.78 is 6.31. The Bertz CT molecular complexity index is 581. The van der Waals surface area contributed by atoms with E-state index in [0.717, 1.165) is 15.0 Å². The van der Waals surface area contributed by atoms with Crippen molar-refractivity contribution in [2.45, 2.75) is 32.9 Å². The van der Waals surface area contributed by atoms with Gasteiger partial charge in [0.25, 0.3) is 0 Å². The molecule has 2 N–H and O–H groups in total. The summed E-state index contributed by atoms with van der Waals surface area (Å²) in [4.78, 5) is 13.3. The van der Waals surface area contributed by atoms with Crippen molar-refractivity contribution in [2.24, 2.45) is 0 Å². The van der Waals surface area contributed by atoms with Crippen molar-refractivity contribution in [3.8, 4) is 0 Å². The highest BCUT2D eigenvalue weighted by molar-refractivity contribution is 9.10. The zero-order valence-electron chi connectivity index (χ0n) is 11.3. The van der Waals surface area contributed by atoms with Crippen LogP contribution in [0.5, 0.6) is 0 Å². The normalized spacial score (nSPS) is 18.9. The van der Waals surface area contributed by atoms with Gasteiger partial charge in [-0.2, -0.15) is 0 Å². The second-order valence-electron chi connectivity index (χ2n) is 4.69. The van der Waals surface area contributed by atoms with E-state index in [1.54, 1.807) is 11.3 Å². The van der Waals surface area contributed by atoms with E-state index in [1.165, 1.54) is 0 Å². The average Bonchev–Trinajstić information content (AvgIpc) is 2.73. The van der Waals surface area contributed by atoms with Crippen molar-refractivity contribution in [3.63, 3.8) is 0 Å². The fourth-order valence-electron chi connectivity index (χ4n) is 1.94. The van der Waals surface area contributed by atoms with Crippen LogP contribution in [-0.2, 0) is 9.53 Å². The second-order valence-corrected chi connectivity index (χ2v) is 6.96. The molecule has 1 aromatic heterocycles. The molecule has 0 spiro atoms. The molecule has 0 amide bonds. The molecular formula is C13H15BrN2O2S2. The monoisotopic (exact) mass is 374 g/mol. The fraction of sp³-hybridized carbons (Fsp3) is 0.385. The summed E-state index contributed by atoms with van der Waals surface area (Å²) in [5.41, 5.74) is 1.30. The predicted octanol–water partition coefficient (Wildman–Crippen LogP) is 3.26. The summed E-state index contributed by atoms with van der Waals surface area (Å²) in [5.74, 6) is -0.325. The van der Waals surface area contributed by atoms with Crippen LogP contribution in [0.2, 0.25) is 0 Å². The SMILES string of the molecule is CC1=C(C(=O)OC(C)C)C(c2cc(Br)cs2)NC(=S)N1. The van der Waals surface area contributed by atoms with E-state index in [0.29, 0.717) is 10.7 Å². The lowest BCUT2D eigenvalue weighted by molar-refractivity contribution is -0.143. The molecule has 0 saturated carbocycles. The van der Waals surface area contributed by atoms with Gasteiger partial charge in [-0.15, -0.1) is 11.3 Å². The molecular weight excluding hydrogens is 360 g/mol. The van der Waals surface area contributed by atoms with Gasteiger partial charge in [0, 0.05) is 20.4 Å². The first-order valence-corrected chi connectivity index (χ1v) is 8.19. The van der Waals surface area contributed by atoms with Crippen molar-refractivity contribution in [1.82, 2.24) is 10.6 Å². The van der Waals surface area contributed by atoms with Gasteiger partial charge in [-0.1, -0.05) is 0 Å².